The number of aliphatic hydroxyl groups is 1. The summed E-state index contributed by atoms with van der Waals surface area (Å²) in [5.41, 5.74) is 1.52. The molecule has 1 rings (SSSR count). The third-order valence-corrected chi connectivity index (χ3v) is 3.09. The van der Waals surface area contributed by atoms with Gasteiger partial charge >= 0.3 is 0 Å². The molecule has 1 atom stereocenters. The molecule has 0 saturated heterocycles. The standard InChI is InChI=1S/C16H27NO/c1-5-9-17-12-16(4,18)15-8-6-7-14(11-15)10-13(2)3/h6-8,11,13,17-18H,5,9-10,12H2,1-4H3. The van der Waals surface area contributed by atoms with E-state index in [1.165, 1.54) is 5.56 Å². The lowest BCUT2D eigenvalue weighted by Gasteiger charge is -2.25. The number of hydrogen-bond donors (Lipinski definition) is 2. The Hall–Kier alpha value is -0.860. The maximum absolute atomic E-state index is 10.5. The van der Waals surface area contributed by atoms with Crippen LogP contribution < -0.4 is 5.32 Å². The second kappa shape index (κ2) is 6.91. The molecule has 0 saturated carbocycles. The summed E-state index contributed by atoms with van der Waals surface area (Å²) in [5, 5.41) is 13.8. The monoisotopic (exact) mass is 249 g/mol. The van der Waals surface area contributed by atoms with Crippen LogP contribution in [0, 0.1) is 5.92 Å². The molecular formula is C16H27NO. The Morgan fingerprint density at radius 2 is 2.06 bits per heavy atom. The van der Waals surface area contributed by atoms with Crippen molar-refractivity contribution in [1.82, 2.24) is 5.32 Å². The Morgan fingerprint density at radius 1 is 1.33 bits per heavy atom. The molecule has 0 aromatic heterocycles. The molecule has 0 aliphatic rings. The quantitative estimate of drug-likeness (QED) is 0.728. The van der Waals surface area contributed by atoms with Crippen LogP contribution >= 0.6 is 0 Å². The van der Waals surface area contributed by atoms with Crippen molar-refractivity contribution in [2.24, 2.45) is 5.92 Å². The van der Waals surface area contributed by atoms with Crippen LogP contribution in [0.4, 0.5) is 0 Å². The first-order chi connectivity index (χ1) is 8.45. The molecule has 0 aliphatic heterocycles. The van der Waals surface area contributed by atoms with Crippen LogP contribution in [0.1, 0.15) is 45.2 Å². The van der Waals surface area contributed by atoms with Gasteiger partial charge in [0.05, 0.1) is 5.60 Å². The van der Waals surface area contributed by atoms with E-state index < -0.39 is 5.60 Å². The first-order valence-corrected chi connectivity index (χ1v) is 6.98. The summed E-state index contributed by atoms with van der Waals surface area (Å²) < 4.78 is 0. The van der Waals surface area contributed by atoms with Gasteiger partial charge in [0.25, 0.3) is 0 Å². The molecule has 2 nitrogen and oxygen atoms in total. The maximum Gasteiger partial charge on any atom is 0.0992 e. The fourth-order valence-electron chi connectivity index (χ4n) is 2.12. The second-order valence-corrected chi connectivity index (χ2v) is 5.75. The molecule has 0 heterocycles. The molecule has 0 fully saturated rings. The molecule has 0 aliphatic carbocycles. The van der Waals surface area contributed by atoms with E-state index in [2.05, 4.69) is 38.2 Å². The molecule has 0 amide bonds. The highest BCUT2D eigenvalue weighted by atomic mass is 16.3. The minimum absolute atomic E-state index is 0.603. The fraction of sp³-hybridized carbons (Fsp3) is 0.625. The third kappa shape index (κ3) is 4.79. The molecular weight excluding hydrogens is 222 g/mol. The van der Waals surface area contributed by atoms with Crippen molar-refractivity contribution < 1.29 is 5.11 Å². The van der Waals surface area contributed by atoms with Gasteiger partial charge in [-0.15, -0.1) is 0 Å². The fourth-order valence-corrected chi connectivity index (χ4v) is 2.12. The normalized spacial score (nSPS) is 14.8. The SMILES string of the molecule is CCCNCC(C)(O)c1cccc(CC(C)C)c1. The summed E-state index contributed by atoms with van der Waals surface area (Å²) in [6.45, 7) is 9.99. The zero-order valence-corrected chi connectivity index (χ0v) is 12.2. The summed E-state index contributed by atoms with van der Waals surface area (Å²) in [7, 11) is 0. The van der Waals surface area contributed by atoms with Gasteiger partial charge in [-0.05, 0) is 43.4 Å². The van der Waals surface area contributed by atoms with Gasteiger partial charge in [-0.3, -0.25) is 0 Å². The van der Waals surface area contributed by atoms with E-state index in [0.717, 1.165) is 24.9 Å². The molecule has 0 spiro atoms. The van der Waals surface area contributed by atoms with Crippen molar-refractivity contribution in [2.75, 3.05) is 13.1 Å². The summed E-state index contributed by atoms with van der Waals surface area (Å²) in [6, 6.07) is 8.32. The van der Waals surface area contributed by atoms with Gasteiger partial charge in [0.2, 0.25) is 0 Å². The molecule has 2 heteroatoms. The first kappa shape index (κ1) is 15.2. The van der Waals surface area contributed by atoms with Crippen molar-refractivity contribution >= 4 is 0 Å². The van der Waals surface area contributed by atoms with Gasteiger partial charge in [0.15, 0.2) is 0 Å². The van der Waals surface area contributed by atoms with Crippen molar-refractivity contribution in [2.45, 2.75) is 46.1 Å². The summed E-state index contributed by atoms with van der Waals surface area (Å²) in [4.78, 5) is 0. The van der Waals surface area contributed by atoms with Crippen LogP contribution in [0.2, 0.25) is 0 Å². The van der Waals surface area contributed by atoms with Crippen LogP contribution in [0.5, 0.6) is 0 Å². The molecule has 18 heavy (non-hydrogen) atoms. The van der Waals surface area contributed by atoms with Gasteiger partial charge in [0, 0.05) is 6.54 Å². The van der Waals surface area contributed by atoms with Crippen LogP contribution in [0.25, 0.3) is 0 Å². The summed E-state index contributed by atoms with van der Waals surface area (Å²) in [5.74, 6) is 0.642. The van der Waals surface area contributed by atoms with E-state index in [1.54, 1.807) is 0 Å². The van der Waals surface area contributed by atoms with Crippen LogP contribution in [-0.4, -0.2) is 18.2 Å². The Kier molecular flexibility index (Phi) is 5.83. The molecule has 102 valence electrons. The van der Waals surface area contributed by atoms with Crippen molar-refractivity contribution in [3.63, 3.8) is 0 Å². The van der Waals surface area contributed by atoms with Crippen LogP contribution in [0.3, 0.4) is 0 Å². The van der Waals surface area contributed by atoms with Gasteiger partial charge in [-0.25, -0.2) is 0 Å². The minimum Gasteiger partial charge on any atom is -0.384 e. The van der Waals surface area contributed by atoms with E-state index in [0.29, 0.717) is 12.5 Å². The molecule has 0 bridgehead atoms. The van der Waals surface area contributed by atoms with E-state index >= 15 is 0 Å². The highest BCUT2D eigenvalue weighted by Crippen LogP contribution is 2.22. The Morgan fingerprint density at radius 3 is 2.67 bits per heavy atom. The van der Waals surface area contributed by atoms with E-state index in [-0.39, 0.29) is 0 Å². The summed E-state index contributed by atoms with van der Waals surface area (Å²) in [6.07, 6.45) is 2.15. The Balaban J connectivity index is 2.74. The highest BCUT2D eigenvalue weighted by molar-refractivity contribution is 5.28. The lowest BCUT2D eigenvalue weighted by molar-refractivity contribution is 0.0571. The lowest BCUT2D eigenvalue weighted by Crippen LogP contribution is -2.35. The number of hydrogen-bond acceptors (Lipinski definition) is 2. The van der Waals surface area contributed by atoms with Crippen molar-refractivity contribution in [3.8, 4) is 0 Å². The van der Waals surface area contributed by atoms with E-state index in [4.69, 9.17) is 0 Å². The van der Waals surface area contributed by atoms with Crippen LogP contribution in [-0.2, 0) is 12.0 Å². The first-order valence-electron chi connectivity index (χ1n) is 6.98. The van der Waals surface area contributed by atoms with Crippen molar-refractivity contribution in [3.05, 3.63) is 35.4 Å². The molecule has 1 unspecified atom stereocenters. The van der Waals surface area contributed by atoms with E-state index in [1.807, 2.05) is 19.1 Å². The average Bonchev–Trinajstić information content (AvgIpc) is 2.28. The molecule has 1 aromatic rings. The van der Waals surface area contributed by atoms with Gasteiger partial charge in [0.1, 0.15) is 0 Å². The smallest absolute Gasteiger partial charge is 0.0992 e. The second-order valence-electron chi connectivity index (χ2n) is 5.75. The number of rotatable bonds is 7. The minimum atomic E-state index is -0.790. The maximum atomic E-state index is 10.5. The topological polar surface area (TPSA) is 32.3 Å². The Labute approximate surface area is 111 Å². The molecule has 2 N–H and O–H groups in total. The van der Waals surface area contributed by atoms with Crippen molar-refractivity contribution in [1.29, 1.82) is 0 Å². The number of nitrogens with one attached hydrogen (secondary N) is 1. The largest absolute Gasteiger partial charge is 0.384 e. The predicted octanol–water partition coefficient (Wildman–Crippen LogP) is 3.09. The van der Waals surface area contributed by atoms with Gasteiger partial charge in [-0.1, -0.05) is 45.0 Å². The highest BCUT2D eigenvalue weighted by Gasteiger charge is 2.22. The zero-order valence-electron chi connectivity index (χ0n) is 12.2. The summed E-state index contributed by atoms with van der Waals surface area (Å²) >= 11 is 0. The zero-order chi connectivity index (χ0) is 13.6. The predicted molar refractivity (Wildman–Crippen MR) is 77.7 cm³/mol. The van der Waals surface area contributed by atoms with Gasteiger partial charge < -0.3 is 10.4 Å². The van der Waals surface area contributed by atoms with E-state index in [9.17, 15) is 5.11 Å². The van der Waals surface area contributed by atoms with Crippen LogP contribution in [0.15, 0.2) is 24.3 Å². The molecule has 1 aromatic carbocycles. The lowest BCUT2D eigenvalue weighted by atomic mass is 9.92. The number of benzene rings is 1. The van der Waals surface area contributed by atoms with Gasteiger partial charge in [-0.2, -0.15) is 0 Å². The Bertz CT molecular complexity index is 358. The average molecular weight is 249 g/mol. The molecule has 0 radical (unpaired) electrons. The third-order valence-electron chi connectivity index (χ3n) is 3.09.